The van der Waals surface area contributed by atoms with Gasteiger partial charge in [-0.05, 0) is 12.1 Å². The molecule has 0 aliphatic rings. The molecular weight excluding hydrogens is 317 g/mol. The topological polar surface area (TPSA) is 35.0 Å². The lowest BCUT2D eigenvalue weighted by Gasteiger charge is -2.09. The Bertz CT molecular complexity index is 553. The molecule has 0 atom stereocenters. The monoisotopic (exact) mass is 322 g/mol. The van der Waals surface area contributed by atoms with E-state index in [0.29, 0.717) is 15.4 Å². The minimum absolute atomic E-state index is 0.248. The van der Waals surface area contributed by atoms with Gasteiger partial charge in [-0.2, -0.15) is 0 Å². The largest absolute Gasteiger partial charge is 0.485 e. The lowest BCUT2D eigenvalue weighted by Crippen LogP contribution is -2.07. The summed E-state index contributed by atoms with van der Waals surface area (Å²) in [4.78, 5) is 7.79. The maximum atomic E-state index is 12.1. The van der Waals surface area contributed by atoms with Gasteiger partial charge in [0, 0.05) is 9.86 Å². The van der Waals surface area contributed by atoms with Gasteiger partial charge in [-0.1, -0.05) is 27.5 Å². The van der Waals surface area contributed by atoms with Gasteiger partial charge in [0.15, 0.2) is 0 Å². The summed E-state index contributed by atoms with van der Waals surface area (Å²) in [6, 6.07) is 3.26. The molecule has 0 aliphatic heterocycles. The summed E-state index contributed by atoms with van der Waals surface area (Å²) < 4.78 is 29.9. The molecular formula is C10H6BrClF2N2O. The molecule has 2 aromatic rings. The fourth-order valence-electron chi connectivity index (χ4n) is 1.33. The molecule has 0 bridgehead atoms. The van der Waals surface area contributed by atoms with E-state index in [9.17, 15) is 8.78 Å². The van der Waals surface area contributed by atoms with Crippen molar-refractivity contribution in [3.8, 4) is 5.75 Å². The van der Waals surface area contributed by atoms with Crippen LogP contribution in [0.1, 0.15) is 0 Å². The number of rotatable bonds is 3. The summed E-state index contributed by atoms with van der Waals surface area (Å²) in [5.41, 5.74) is 0.411. The van der Waals surface area contributed by atoms with E-state index in [4.69, 9.17) is 16.3 Å². The maximum absolute atomic E-state index is 12.1. The minimum Gasteiger partial charge on any atom is -0.485 e. The van der Waals surface area contributed by atoms with Crippen molar-refractivity contribution in [2.24, 2.45) is 0 Å². The normalized spacial score (nSPS) is 11.1. The van der Waals surface area contributed by atoms with Crippen LogP contribution in [-0.2, 0) is 0 Å². The van der Waals surface area contributed by atoms with Crippen LogP contribution in [0.25, 0.3) is 10.9 Å². The first-order valence-electron chi connectivity index (χ1n) is 4.58. The molecule has 0 radical (unpaired) electrons. The van der Waals surface area contributed by atoms with Crippen LogP contribution in [0.4, 0.5) is 8.78 Å². The Kier molecular flexibility index (Phi) is 3.73. The Morgan fingerprint density at radius 2 is 2.12 bits per heavy atom. The Morgan fingerprint density at radius 3 is 2.82 bits per heavy atom. The number of aromatic nitrogens is 2. The quantitative estimate of drug-likeness (QED) is 0.808. The first-order chi connectivity index (χ1) is 8.08. The van der Waals surface area contributed by atoms with Crippen LogP contribution in [0.3, 0.4) is 0 Å². The van der Waals surface area contributed by atoms with Crippen molar-refractivity contribution in [1.29, 1.82) is 0 Å². The zero-order chi connectivity index (χ0) is 12.4. The highest BCUT2D eigenvalue weighted by molar-refractivity contribution is 9.10. The molecule has 7 heteroatoms. The SMILES string of the molecule is FC(F)COc1cc(Br)cc2c(Cl)ncnc12. The maximum Gasteiger partial charge on any atom is 0.272 e. The Balaban J connectivity index is 2.50. The number of benzene rings is 1. The summed E-state index contributed by atoms with van der Waals surface area (Å²) in [5.74, 6) is 0.249. The molecule has 0 fully saturated rings. The molecule has 0 aliphatic carbocycles. The molecule has 2 rings (SSSR count). The van der Waals surface area contributed by atoms with E-state index in [0.717, 1.165) is 0 Å². The summed E-state index contributed by atoms with van der Waals surface area (Å²) in [7, 11) is 0. The lowest BCUT2D eigenvalue weighted by atomic mass is 10.2. The van der Waals surface area contributed by atoms with Crippen molar-refractivity contribution in [2.75, 3.05) is 6.61 Å². The zero-order valence-corrected chi connectivity index (χ0v) is 10.7. The molecule has 17 heavy (non-hydrogen) atoms. The third kappa shape index (κ3) is 2.81. The van der Waals surface area contributed by atoms with Crippen LogP contribution in [0, 0.1) is 0 Å². The molecule has 0 amide bonds. The molecule has 0 N–H and O–H groups in total. The third-order valence-corrected chi connectivity index (χ3v) is 2.74. The van der Waals surface area contributed by atoms with Crippen LogP contribution < -0.4 is 4.74 Å². The standard InChI is InChI=1S/C10H6BrClF2N2O/c11-5-1-6-9(15-4-16-10(6)12)7(2-5)17-3-8(13)14/h1-2,4,8H,3H2. The first-order valence-corrected chi connectivity index (χ1v) is 5.75. The molecule has 0 saturated heterocycles. The van der Waals surface area contributed by atoms with Gasteiger partial charge in [-0.15, -0.1) is 0 Å². The number of hydrogen-bond donors (Lipinski definition) is 0. The fourth-order valence-corrected chi connectivity index (χ4v) is 1.96. The lowest BCUT2D eigenvalue weighted by molar-refractivity contribution is 0.0825. The fraction of sp³-hybridized carbons (Fsp3) is 0.200. The highest BCUT2D eigenvalue weighted by Crippen LogP contribution is 2.31. The second-order valence-corrected chi connectivity index (χ2v) is 4.44. The smallest absolute Gasteiger partial charge is 0.272 e. The van der Waals surface area contributed by atoms with E-state index in [2.05, 4.69) is 25.9 Å². The number of hydrogen-bond acceptors (Lipinski definition) is 3. The summed E-state index contributed by atoms with van der Waals surface area (Å²) in [6.45, 7) is -0.687. The first kappa shape index (κ1) is 12.4. The van der Waals surface area contributed by atoms with Gasteiger partial charge >= 0.3 is 0 Å². The van der Waals surface area contributed by atoms with E-state index >= 15 is 0 Å². The van der Waals surface area contributed by atoms with Crippen molar-refractivity contribution in [2.45, 2.75) is 6.43 Å². The predicted octanol–water partition coefficient (Wildman–Crippen LogP) is 3.69. The number of fused-ring (bicyclic) bond motifs is 1. The number of alkyl halides is 2. The summed E-state index contributed by atoms with van der Waals surface area (Å²) in [5, 5.41) is 0.797. The zero-order valence-electron chi connectivity index (χ0n) is 8.33. The molecule has 1 aromatic carbocycles. The van der Waals surface area contributed by atoms with Crippen molar-refractivity contribution in [3.63, 3.8) is 0 Å². The summed E-state index contributed by atoms with van der Waals surface area (Å²) >= 11 is 9.13. The second kappa shape index (κ2) is 5.10. The minimum atomic E-state index is -2.54. The molecule has 0 saturated carbocycles. The van der Waals surface area contributed by atoms with E-state index in [1.807, 2.05) is 0 Å². The number of nitrogens with zero attached hydrogens (tertiary/aromatic N) is 2. The van der Waals surface area contributed by atoms with E-state index in [1.165, 1.54) is 6.33 Å². The molecule has 1 heterocycles. The Hall–Kier alpha value is -1.01. The molecule has 0 unspecified atom stereocenters. The van der Waals surface area contributed by atoms with Crippen LogP contribution >= 0.6 is 27.5 Å². The van der Waals surface area contributed by atoms with Crippen LogP contribution in [0.5, 0.6) is 5.75 Å². The average molecular weight is 324 g/mol. The van der Waals surface area contributed by atoms with Crippen molar-refractivity contribution in [1.82, 2.24) is 9.97 Å². The third-order valence-electron chi connectivity index (χ3n) is 1.98. The second-order valence-electron chi connectivity index (χ2n) is 3.17. The molecule has 0 spiro atoms. The van der Waals surface area contributed by atoms with Crippen LogP contribution in [0.15, 0.2) is 22.9 Å². The molecule has 90 valence electrons. The van der Waals surface area contributed by atoms with Crippen molar-refractivity contribution < 1.29 is 13.5 Å². The molecule has 1 aromatic heterocycles. The Morgan fingerprint density at radius 1 is 1.35 bits per heavy atom. The number of ether oxygens (including phenoxy) is 1. The van der Waals surface area contributed by atoms with E-state index < -0.39 is 13.0 Å². The van der Waals surface area contributed by atoms with Crippen molar-refractivity contribution in [3.05, 3.63) is 28.1 Å². The van der Waals surface area contributed by atoms with Gasteiger partial charge < -0.3 is 4.74 Å². The van der Waals surface area contributed by atoms with Crippen LogP contribution in [0.2, 0.25) is 5.15 Å². The van der Waals surface area contributed by atoms with E-state index in [1.54, 1.807) is 12.1 Å². The van der Waals surface area contributed by atoms with Gasteiger partial charge in [-0.25, -0.2) is 18.7 Å². The molecule has 3 nitrogen and oxygen atoms in total. The van der Waals surface area contributed by atoms with Crippen LogP contribution in [-0.4, -0.2) is 23.0 Å². The van der Waals surface area contributed by atoms with Gasteiger partial charge in [0.1, 0.15) is 29.4 Å². The highest BCUT2D eigenvalue weighted by Gasteiger charge is 2.11. The van der Waals surface area contributed by atoms with Crippen molar-refractivity contribution >= 4 is 38.4 Å². The van der Waals surface area contributed by atoms with Gasteiger partial charge in [0.25, 0.3) is 6.43 Å². The summed E-state index contributed by atoms with van der Waals surface area (Å²) in [6.07, 6.45) is -1.28. The predicted molar refractivity (Wildman–Crippen MR) is 63.7 cm³/mol. The van der Waals surface area contributed by atoms with Gasteiger partial charge in [0.05, 0.1) is 0 Å². The van der Waals surface area contributed by atoms with E-state index in [-0.39, 0.29) is 10.9 Å². The highest BCUT2D eigenvalue weighted by atomic mass is 79.9. The Labute approximate surface area is 109 Å². The van der Waals surface area contributed by atoms with Gasteiger partial charge in [0.2, 0.25) is 0 Å². The average Bonchev–Trinajstić information content (AvgIpc) is 2.27. The van der Waals surface area contributed by atoms with Gasteiger partial charge in [-0.3, -0.25) is 0 Å². The number of halogens is 4.